The van der Waals surface area contributed by atoms with E-state index in [2.05, 4.69) is 36.7 Å². The third-order valence-corrected chi connectivity index (χ3v) is 6.76. The van der Waals surface area contributed by atoms with Gasteiger partial charge in [-0.15, -0.1) is 11.3 Å². The lowest BCUT2D eigenvalue weighted by Crippen LogP contribution is -2.36. The molecule has 0 bridgehead atoms. The van der Waals surface area contributed by atoms with E-state index in [9.17, 15) is 18.0 Å². The molecule has 8 heteroatoms. The number of halogens is 1. The number of benzene rings is 1. The van der Waals surface area contributed by atoms with Crippen molar-refractivity contribution in [2.24, 2.45) is 5.92 Å². The van der Waals surface area contributed by atoms with Crippen LogP contribution in [0.2, 0.25) is 0 Å². The SMILES string of the molecule is CC(C)(C)c1ccc(C(=O)C[C@@H](Cc2ccc(Br)cc2)C(=O)NS(C)(=O)=O)s1. The normalized spacial score (nSPS) is 13.2. The predicted octanol–water partition coefficient (Wildman–Crippen LogP) is 4.32. The van der Waals surface area contributed by atoms with Crippen molar-refractivity contribution in [2.45, 2.75) is 39.0 Å². The Hall–Kier alpha value is -1.51. The van der Waals surface area contributed by atoms with E-state index in [4.69, 9.17) is 0 Å². The van der Waals surface area contributed by atoms with Crippen LogP contribution in [0.5, 0.6) is 0 Å². The number of carbonyl (C=O) groups is 2. The number of amides is 1. The second kappa shape index (κ2) is 8.88. The van der Waals surface area contributed by atoms with Crippen molar-refractivity contribution in [1.82, 2.24) is 4.72 Å². The number of Topliss-reactive ketones (excluding diaryl/α,β-unsaturated/α-hetero) is 1. The summed E-state index contributed by atoms with van der Waals surface area (Å²) in [7, 11) is -3.70. The largest absolute Gasteiger partial charge is 0.293 e. The van der Waals surface area contributed by atoms with Crippen molar-refractivity contribution in [1.29, 1.82) is 0 Å². The third-order valence-electron chi connectivity index (χ3n) is 4.10. The molecule has 0 unspecified atom stereocenters. The summed E-state index contributed by atoms with van der Waals surface area (Å²) in [5.41, 5.74) is 0.791. The van der Waals surface area contributed by atoms with Gasteiger partial charge in [-0.1, -0.05) is 48.8 Å². The number of nitrogens with one attached hydrogen (secondary N) is 1. The molecule has 0 aliphatic heterocycles. The Morgan fingerprint density at radius 2 is 1.71 bits per heavy atom. The van der Waals surface area contributed by atoms with Gasteiger partial charge in [0, 0.05) is 15.8 Å². The smallest absolute Gasteiger partial charge is 0.237 e. The molecule has 0 aliphatic carbocycles. The average molecular weight is 486 g/mol. The highest BCUT2D eigenvalue weighted by Crippen LogP contribution is 2.30. The van der Waals surface area contributed by atoms with Crippen LogP contribution < -0.4 is 4.72 Å². The molecule has 1 N–H and O–H groups in total. The van der Waals surface area contributed by atoms with Gasteiger partial charge >= 0.3 is 0 Å². The van der Waals surface area contributed by atoms with Gasteiger partial charge < -0.3 is 0 Å². The fraction of sp³-hybridized carbons (Fsp3) is 0.400. The van der Waals surface area contributed by atoms with Crippen molar-refractivity contribution in [2.75, 3.05) is 6.26 Å². The Balaban J connectivity index is 2.22. The lowest BCUT2D eigenvalue weighted by atomic mass is 9.93. The molecular weight excluding hydrogens is 462 g/mol. The van der Waals surface area contributed by atoms with Crippen molar-refractivity contribution >= 4 is 49.0 Å². The second-order valence-electron chi connectivity index (χ2n) is 7.81. The maximum atomic E-state index is 12.8. The quantitative estimate of drug-likeness (QED) is 0.592. The minimum Gasteiger partial charge on any atom is -0.293 e. The number of carbonyl (C=O) groups excluding carboxylic acids is 2. The monoisotopic (exact) mass is 485 g/mol. The average Bonchev–Trinajstić information content (AvgIpc) is 3.05. The molecule has 0 fully saturated rings. The third kappa shape index (κ3) is 6.83. The van der Waals surface area contributed by atoms with Crippen LogP contribution in [-0.4, -0.2) is 26.4 Å². The maximum Gasteiger partial charge on any atom is 0.237 e. The Morgan fingerprint density at radius 3 is 2.21 bits per heavy atom. The molecule has 1 amide bonds. The number of hydrogen-bond donors (Lipinski definition) is 1. The van der Waals surface area contributed by atoms with Gasteiger partial charge in [0.25, 0.3) is 0 Å². The van der Waals surface area contributed by atoms with Crippen LogP contribution in [0.15, 0.2) is 40.9 Å². The van der Waals surface area contributed by atoms with Crippen LogP contribution in [0, 0.1) is 5.92 Å². The fourth-order valence-corrected chi connectivity index (χ4v) is 4.45. The highest BCUT2D eigenvalue weighted by atomic mass is 79.9. The molecule has 0 radical (unpaired) electrons. The minimum atomic E-state index is -3.70. The van der Waals surface area contributed by atoms with Crippen molar-refractivity contribution in [3.8, 4) is 0 Å². The molecule has 152 valence electrons. The molecule has 2 aromatic rings. The van der Waals surface area contributed by atoms with E-state index < -0.39 is 21.8 Å². The zero-order valence-corrected chi connectivity index (χ0v) is 19.5. The highest BCUT2D eigenvalue weighted by molar-refractivity contribution is 9.10. The molecule has 1 heterocycles. The summed E-state index contributed by atoms with van der Waals surface area (Å²) in [6.07, 6.45) is 1.15. The molecule has 0 saturated heterocycles. The van der Waals surface area contributed by atoms with Crippen molar-refractivity contribution in [3.05, 3.63) is 56.2 Å². The highest BCUT2D eigenvalue weighted by Gasteiger charge is 2.26. The van der Waals surface area contributed by atoms with E-state index in [0.717, 1.165) is 21.2 Å². The molecule has 28 heavy (non-hydrogen) atoms. The van der Waals surface area contributed by atoms with Gasteiger partial charge in [-0.05, 0) is 41.7 Å². The van der Waals surface area contributed by atoms with E-state index >= 15 is 0 Å². The second-order valence-corrected chi connectivity index (χ2v) is 11.6. The molecule has 0 aliphatic rings. The van der Waals surface area contributed by atoms with Crippen molar-refractivity contribution in [3.63, 3.8) is 0 Å². The number of hydrogen-bond acceptors (Lipinski definition) is 5. The standard InChI is InChI=1S/C20H24BrNO4S2/c1-20(2,3)18-10-9-17(27-18)16(23)12-14(19(24)22-28(4,25)26)11-13-5-7-15(21)8-6-13/h5-10,14H,11-12H2,1-4H3,(H,22,24)/t14-/m1/s1. The van der Waals surface area contributed by atoms with Crippen LogP contribution in [0.1, 0.15) is 47.3 Å². The van der Waals surface area contributed by atoms with Crippen LogP contribution in [0.3, 0.4) is 0 Å². The lowest BCUT2D eigenvalue weighted by molar-refractivity contribution is -0.123. The number of thiophene rings is 1. The molecule has 1 aromatic heterocycles. The molecule has 5 nitrogen and oxygen atoms in total. The molecule has 1 atom stereocenters. The van der Waals surface area contributed by atoms with E-state index in [0.29, 0.717) is 4.88 Å². The predicted molar refractivity (Wildman–Crippen MR) is 116 cm³/mol. The van der Waals surface area contributed by atoms with Gasteiger partial charge in [0.05, 0.1) is 17.1 Å². The summed E-state index contributed by atoms with van der Waals surface area (Å²) < 4.78 is 25.9. The summed E-state index contributed by atoms with van der Waals surface area (Å²) in [5.74, 6) is -1.60. The first kappa shape index (κ1) is 22.8. The molecule has 1 aromatic carbocycles. The summed E-state index contributed by atoms with van der Waals surface area (Å²) in [6, 6.07) is 11.1. The fourth-order valence-electron chi connectivity index (χ4n) is 2.64. The van der Waals surface area contributed by atoms with Crippen LogP contribution in [0.4, 0.5) is 0 Å². The topological polar surface area (TPSA) is 80.3 Å². The number of sulfonamides is 1. The van der Waals surface area contributed by atoms with Gasteiger partial charge in [0.15, 0.2) is 5.78 Å². The van der Waals surface area contributed by atoms with E-state index in [-0.39, 0.29) is 24.0 Å². The Bertz CT molecular complexity index is 957. The Kier molecular flexibility index (Phi) is 7.22. The first-order valence-electron chi connectivity index (χ1n) is 8.75. The Morgan fingerprint density at radius 1 is 1.11 bits per heavy atom. The minimum absolute atomic E-state index is 0.0541. The molecule has 2 rings (SSSR count). The summed E-state index contributed by atoms with van der Waals surface area (Å²) in [5, 5.41) is 0. The summed E-state index contributed by atoms with van der Waals surface area (Å²) in [6.45, 7) is 6.22. The first-order chi connectivity index (χ1) is 12.8. The molecule has 0 saturated carbocycles. The number of ketones is 1. The van der Waals surface area contributed by atoms with Gasteiger partial charge in [-0.3, -0.25) is 14.3 Å². The summed E-state index contributed by atoms with van der Waals surface area (Å²) in [4.78, 5) is 27.0. The number of rotatable bonds is 7. The van der Waals surface area contributed by atoms with Gasteiger partial charge in [0.1, 0.15) is 0 Å². The van der Waals surface area contributed by atoms with E-state index in [1.807, 2.05) is 35.1 Å². The van der Waals surface area contributed by atoms with Gasteiger partial charge in [-0.25, -0.2) is 8.42 Å². The van der Waals surface area contributed by atoms with Gasteiger partial charge in [0.2, 0.25) is 15.9 Å². The Labute approximate surface area is 178 Å². The lowest BCUT2D eigenvalue weighted by Gasteiger charge is -2.16. The van der Waals surface area contributed by atoms with Crippen LogP contribution in [0.25, 0.3) is 0 Å². The maximum absolute atomic E-state index is 12.8. The van der Waals surface area contributed by atoms with Crippen LogP contribution >= 0.6 is 27.3 Å². The molecule has 0 spiro atoms. The summed E-state index contributed by atoms with van der Waals surface area (Å²) >= 11 is 4.78. The van der Waals surface area contributed by atoms with Crippen LogP contribution in [-0.2, 0) is 26.7 Å². The zero-order chi connectivity index (χ0) is 21.1. The van der Waals surface area contributed by atoms with Crippen molar-refractivity contribution < 1.29 is 18.0 Å². The van der Waals surface area contributed by atoms with Gasteiger partial charge in [-0.2, -0.15) is 0 Å². The van der Waals surface area contributed by atoms with E-state index in [1.165, 1.54) is 11.3 Å². The molecular formula is C20H24BrNO4S2. The zero-order valence-electron chi connectivity index (χ0n) is 16.3. The first-order valence-corrected chi connectivity index (χ1v) is 12.2. The van der Waals surface area contributed by atoms with E-state index in [1.54, 1.807) is 6.07 Å².